The summed E-state index contributed by atoms with van der Waals surface area (Å²) in [5, 5.41) is 21.2. The maximum Gasteiger partial charge on any atom is 0.372 e. The zero-order chi connectivity index (χ0) is 13.8. The fraction of sp³-hybridized carbons (Fsp3) is 0.214. The predicted octanol–water partition coefficient (Wildman–Crippen LogP) is 2.28. The molecule has 5 nitrogen and oxygen atoms in total. The molecular formula is C14H15NO4. The molecule has 0 bridgehead atoms. The van der Waals surface area contributed by atoms with Crippen LogP contribution in [0.5, 0.6) is 5.75 Å². The van der Waals surface area contributed by atoms with E-state index in [4.69, 9.17) is 14.6 Å². The number of carbonyl (C=O) groups is 1. The lowest BCUT2D eigenvalue weighted by Gasteiger charge is -2.03. The van der Waals surface area contributed by atoms with Crippen molar-refractivity contribution in [3.63, 3.8) is 0 Å². The van der Waals surface area contributed by atoms with Crippen molar-refractivity contribution < 1.29 is 19.4 Å². The van der Waals surface area contributed by atoms with Crippen LogP contribution in [0.15, 0.2) is 34.7 Å². The van der Waals surface area contributed by atoms with Crippen molar-refractivity contribution in [2.75, 3.05) is 0 Å². The summed E-state index contributed by atoms with van der Waals surface area (Å²) in [6.07, 6.45) is 0. The number of carboxylic acids is 1. The Morgan fingerprint density at radius 3 is 2.53 bits per heavy atom. The second-order valence-corrected chi connectivity index (χ2v) is 4.30. The second-order valence-electron chi connectivity index (χ2n) is 4.30. The number of hydrogen-bond donors (Lipinski definition) is 3. The predicted molar refractivity (Wildman–Crippen MR) is 69.1 cm³/mol. The number of furan rings is 1. The van der Waals surface area contributed by atoms with Crippen molar-refractivity contribution in [2.24, 2.45) is 0 Å². The second kappa shape index (κ2) is 5.58. The van der Waals surface area contributed by atoms with Crippen molar-refractivity contribution in [3.8, 4) is 5.75 Å². The van der Waals surface area contributed by atoms with Crippen molar-refractivity contribution in [2.45, 2.75) is 20.0 Å². The van der Waals surface area contributed by atoms with Crippen LogP contribution in [0, 0.1) is 6.92 Å². The molecule has 0 amide bonds. The van der Waals surface area contributed by atoms with Crippen LogP contribution in [-0.2, 0) is 13.1 Å². The summed E-state index contributed by atoms with van der Waals surface area (Å²) in [5.41, 5.74) is 1.65. The molecule has 0 saturated heterocycles. The Balaban J connectivity index is 1.90. The van der Waals surface area contributed by atoms with E-state index in [0.29, 0.717) is 24.4 Å². The van der Waals surface area contributed by atoms with Gasteiger partial charge in [0.1, 0.15) is 11.5 Å². The molecule has 0 unspecified atom stereocenters. The minimum atomic E-state index is -1.05. The van der Waals surface area contributed by atoms with Gasteiger partial charge in [0.05, 0.1) is 6.54 Å². The van der Waals surface area contributed by atoms with E-state index in [0.717, 1.165) is 5.56 Å². The molecule has 0 aliphatic rings. The average Bonchev–Trinajstić information content (AvgIpc) is 2.73. The van der Waals surface area contributed by atoms with Crippen molar-refractivity contribution >= 4 is 5.97 Å². The van der Waals surface area contributed by atoms with Crippen LogP contribution < -0.4 is 5.32 Å². The summed E-state index contributed by atoms with van der Waals surface area (Å²) in [4.78, 5) is 10.8. The fourth-order valence-corrected chi connectivity index (χ4v) is 1.79. The van der Waals surface area contributed by atoms with Crippen LogP contribution in [0.1, 0.15) is 27.4 Å². The third-order valence-electron chi connectivity index (χ3n) is 2.73. The molecule has 0 spiro atoms. The van der Waals surface area contributed by atoms with Crippen molar-refractivity contribution in [1.82, 2.24) is 5.32 Å². The summed E-state index contributed by atoms with van der Waals surface area (Å²) >= 11 is 0. The fourth-order valence-electron chi connectivity index (χ4n) is 1.79. The molecule has 3 N–H and O–H groups in total. The zero-order valence-electron chi connectivity index (χ0n) is 10.5. The molecule has 0 aliphatic heterocycles. The highest BCUT2D eigenvalue weighted by Gasteiger charge is 2.13. The first-order valence-corrected chi connectivity index (χ1v) is 5.87. The molecule has 0 aliphatic carbocycles. The molecule has 0 fully saturated rings. The van der Waals surface area contributed by atoms with E-state index in [9.17, 15) is 4.79 Å². The van der Waals surface area contributed by atoms with Gasteiger partial charge in [-0.15, -0.1) is 0 Å². The van der Waals surface area contributed by atoms with Crippen LogP contribution in [0.4, 0.5) is 0 Å². The maximum absolute atomic E-state index is 10.8. The number of rotatable bonds is 5. The number of aryl methyl sites for hydroxylation is 1. The Morgan fingerprint density at radius 1 is 1.26 bits per heavy atom. The van der Waals surface area contributed by atoms with Crippen LogP contribution >= 0.6 is 0 Å². The number of carboxylic acid groups (broad SMARTS) is 1. The van der Waals surface area contributed by atoms with Gasteiger partial charge in [-0.25, -0.2) is 4.79 Å². The first-order valence-electron chi connectivity index (χ1n) is 5.87. The molecule has 0 atom stereocenters. The molecule has 19 heavy (non-hydrogen) atoms. The van der Waals surface area contributed by atoms with E-state index in [1.165, 1.54) is 0 Å². The molecule has 1 aromatic heterocycles. The first kappa shape index (κ1) is 13.2. The summed E-state index contributed by atoms with van der Waals surface area (Å²) < 4.78 is 5.23. The Morgan fingerprint density at radius 2 is 1.95 bits per heavy atom. The monoisotopic (exact) mass is 261 g/mol. The maximum atomic E-state index is 10.8. The van der Waals surface area contributed by atoms with Crippen LogP contribution in [-0.4, -0.2) is 16.2 Å². The van der Waals surface area contributed by atoms with Crippen LogP contribution in [0.3, 0.4) is 0 Å². The number of aromatic carboxylic acids is 1. The van der Waals surface area contributed by atoms with E-state index in [2.05, 4.69) is 5.32 Å². The lowest BCUT2D eigenvalue weighted by atomic mass is 10.2. The minimum Gasteiger partial charge on any atom is -0.508 e. The van der Waals surface area contributed by atoms with E-state index < -0.39 is 5.97 Å². The smallest absolute Gasteiger partial charge is 0.372 e. The summed E-state index contributed by atoms with van der Waals surface area (Å²) in [6, 6.07) is 8.59. The molecule has 0 radical (unpaired) electrons. The zero-order valence-corrected chi connectivity index (χ0v) is 10.5. The SMILES string of the molecule is Cc1cc(CNCc2ccc(O)cc2)oc1C(=O)O. The molecule has 100 valence electrons. The lowest BCUT2D eigenvalue weighted by molar-refractivity contribution is 0.0659. The van der Waals surface area contributed by atoms with Crippen molar-refractivity contribution in [3.05, 3.63) is 53.0 Å². The van der Waals surface area contributed by atoms with E-state index in [-0.39, 0.29) is 11.5 Å². The number of phenols is 1. The Bertz CT molecular complexity index is 572. The molecule has 1 aromatic carbocycles. The summed E-state index contributed by atoms with van der Waals surface area (Å²) in [7, 11) is 0. The van der Waals surface area contributed by atoms with Crippen molar-refractivity contribution in [1.29, 1.82) is 0 Å². The molecule has 0 saturated carbocycles. The molecule has 2 aromatic rings. The van der Waals surface area contributed by atoms with Gasteiger partial charge in [0.2, 0.25) is 5.76 Å². The topological polar surface area (TPSA) is 82.7 Å². The molecule has 1 heterocycles. The number of nitrogens with one attached hydrogen (secondary N) is 1. The largest absolute Gasteiger partial charge is 0.508 e. The first-order chi connectivity index (χ1) is 9.06. The Labute approximate surface area is 110 Å². The van der Waals surface area contributed by atoms with Gasteiger partial charge in [0, 0.05) is 12.1 Å². The summed E-state index contributed by atoms with van der Waals surface area (Å²) in [6.45, 7) is 2.77. The highest BCUT2D eigenvalue weighted by Crippen LogP contribution is 2.15. The van der Waals surface area contributed by atoms with Crippen LogP contribution in [0.25, 0.3) is 0 Å². The number of hydrogen-bond acceptors (Lipinski definition) is 4. The standard InChI is InChI=1S/C14H15NO4/c1-9-6-12(19-13(9)14(17)18)8-15-7-10-2-4-11(16)5-3-10/h2-6,15-16H,7-8H2,1H3,(H,17,18). The van der Waals surface area contributed by atoms with Gasteiger partial charge in [-0.1, -0.05) is 12.1 Å². The van der Waals surface area contributed by atoms with E-state index >= 15 is 0 Å². The average molecular weight is 261 g/mol. The third kappa shape index (κ3) is 3.35. The number of aromatic hydroxyl groups is 1. The van der Waals surface area contributed by atoms with Gasteiger partial charge in [0.15, 0.2) is 0 Å². The van der Waals surface area contributed by atoms with Gasteiger partial charge in [0.25, 0.3) is 0 Å². The number of benzene rings is 1. The highest BCUT2D eigenvalue weighted by molar-refractivity contribution is 5.86. The highest BCUT2D eigenvalue weighted by atomic mass is 16.4. The molecular weight excluding hydrogens is 246 g/mol. The lowest BCUT2D eigenvalue weighted by Crippen LogP contribution is -2.12. The molecule has 2 rings (SSSR count). The minimum absolute atomic E-state index is 0.0126. The quantitative estimate of drug-likeness (QED) is 0.769. The third-order valence-corrected chi connectivity index (χ3v) is 2.73. The van der Waals surface area contributed by atoms with Gasteiger partial charge in [-0.3, -0.25) is 0 Å². The summed E-state index contributed by atoms with van der Waals surface area (Å²) in [5.74, 6) is -0.242. The van der Waals surface area contributed by atoms with E-state index in [1.54, 1.807) is 25.1 Å². The van der Waals surface area contributed by atoms with Crippen LogP contribution in [0.2, 0.25) is 0 Å². The van der Waals surface area contributed by atoms with Gasteiger partial charge in [-0.05, 0) is 30.7 Å². The Hall–Kier alpha value is -2.27. The van der Waals surface area contributed by atoms with E-state index in [1.807, 2.05) is 12.1 Å². The normalized spacial score (nSPS) is 10.6. The number of phenolic OH excluding ortho intramolecular Hbond substituents is 1. The Kier molecular flexibility index (Phi) is 3.87. The van der Waals surface area contributed by atoms with Gasteiger partial charge >= 0.3 is 5.97 Å². The van der Waals surface area contributed by atoms with Gasteiger partial charge < -0.3 is 19.9 Å². The molecule has 5 heteroatoms. The van der Waals surface area contributed by atoms with Gasteiger partial charge in [-0.2, -0.15) is 0 Å².